The molecule has 0 aromatic rings. The maximum Gasteiger partial charge on any atom is 0.222 e. The molecule has 332 valence electrons. The highest BCUT2D eigenvalue weighted by Gasteiger charge is 2.20. The highest BCUT2D eigenvalue weighted by Crippen LogP contribution is 2.17. The molecule has 0 saturated heterocycles. The second-order valence-corrected chi connectivity index (χ2v) is 17.4. The number of unbranched alkanes of at least 4 members (excludes halogenated alkanes) is 35. The number of aliphatic hydroxyl groups is 3. The first-order chi connectivity index (χ1) is 27.5. The third-order valence-corrected chi connectivity index (χ3v) is 11.7. The smallest absolute Gasteiger partial charge is 0.222 e. The quantitative estimate of drug-likeness (QED) is 0.0365. The van der Waals surface area contributed by atoms with Crippen molar-refractivity contribution in [3.05, 3.63) is 24.3 Å². The molecular formula is C51H99NO4. The van der Waals surface area contributed by atoms with Gasteiger partial charge in [-0.2, -0.15) is 0 Å². The second-order valence-electron chi connectivity index (χ2n) is 17.4. The van der Waals surface area contributed by atoms with Gasteiger partial charge in [0, 0.05) is 0 Å². The van der Waals surface area contributed by atoms with Gasteiger partial charge < -0.3 is 20.6 Å². The van der Waals surface area contributed by atoms with Crippen molar-refractivity contribution in [3.63, 3.8) is 0 Å². The Bertz CT molecular complexity index is 829. The predicted molar refractivity (Wildman–Crippen MR) is 245 cm³/mol. The minimum atomic E-state index is -0.949. The monoisotopic (exact) mass is 790 g/mol. The summed E-state index contributed by atoms with van der Waals surface area (Å²) in [6.45, 7) is 4.23. The minimum Gasteiger partial charge on any atom is -0.394 e. The summed E-state index contributed by atoms with van der Waals surface area (Å²) >= 11 is 0. The first kappa shape index (κ1) is 54.8. The van der Waals surface area contributed by atoms with Crippen LogP contribution in [0.15, 0.2) is 24.3 Å². The number of aliphatic hydroxyl groups excluding tert-OH is 3. The lowest BCUT2D eigenvalue weighted by Crippen LogP contribution is -2.45. The summed E-state index contributed by atoms with van der Waals surface area (Å²) in [5.74, 6) is -0.321. The van der Waals surface area contributed by atoms with Gasteiger partial charge in [-0.3, -0.25) is 4.79 Å². The molecule has 0 bridgehead atoms. The van der Waals surface area contributed by atoms with Gasteiger partial charge in [-0.05, 0) is 32.1 Å². The molecule has 5 nitrogen and oxygen atoms in total. The number of hydrogen-bond donors (Lipinski definition) is 4. The Morgan fingerprint density at radius 3 is 1.14 bits per heavy atom. The zero-order chi connectivity index (χ0) is 40.8. The minimum absolute atomic E-state index is 0.00990. The first-order valence-corrected chi connectivity index (χ1v) is 25.1. The van der Waals surface area contributed by atoms with Gasteiger partial charge in [-0.15, -0.1) is 0 Å². The SMILES string of the molecule is CCCCCCCCCCCCCCCCCCCCC/C=C/CC/C=C/C(O)C(CO)NC(=O)CC(O)CCCCCCCCCCCCCCCCCC. The van der Waals surface area contributed by atoms with Crippen LogP contribution in [0.2, 0.25) is 0 Å². The van der Waals surface area contributed by atoms with Crippen molar-refractivity contribution in [2.75, 3.05) is 6.61 Å². The van der Waals surface area contributed by atoms with Crippen LogP contribution in [0.4, 0.5) is 0 Å². The number of carbonyl (C=O) groups excluding carboxylic acids is 1. The Balaban J connectivity index is 3.62. The standard InChI is InChI=1S/C51H99NO4/c1-3-5-7-9-11-13-15-17-19-21-22-23-24-25-26-27-28-29-31-33-35-37-39-41-43-45-50(55)49(47-53)52-51(56)46-48(54)44-42-40-38-36-34-32-30-20-18-16-14-12-10-8-6-4-2/h35,37,43,45,48-50,53-55H,3-34,36,38-42,44,46-47H2,1-2H3,(H,52,56)/b37-35+,45-43+. The van der Waals surface area contributed by atoms with Crippen molar-refractivity contribution in [1.82, 2.24) is 5.32 Å². The van der Waals surface area contributed by atoms with Crippen LogP contribution in [0.25, 0.3) is 0 Å². The Morgan fingerprint density at radius 1 is 0.446 bits per heavy atom. The van der Waals surface area contributed by atoms with Crippen molar-refractivity contribution in [2.24, 2.45) is 0 Å². The molecule has 5 heteroatoms. The number of carbonyl (C=O) groups is 1. The van der Waals surface area contributed by atoms with Crippen LogP contribution >= 0.6 is 0 Å². The molecule has 1 amide bonds. The Hall–Kier alpha value is -1.17. The van der Waals surface area contributed by atoms with Gasteiger partial charge in [0.15, 0.2) is 0 Å². The summed E-state index contributed by atoms with van der Waals surface area (Å²) in [7, 11) is 0. The number of amides is 1. The van der Waals surface area contributed by atoms with E-state index in [4.69, 9.17) is 0 Å². The van der Waals surface area contributed by atoms with E-state index >= 15 is 0 Å². The van der Waals surface area contributed by atoms with Crippen LogP contribution in [0.3, 0.4) is 0 Å². The topological polar surface area (TPSA) is 89.8 Å². The summed E-state index contributed by atoms with van der Waals surface area (Å²) < 4.78 is 0. The van der Waals surface area contributed by atoms with Gasteiger partial charge in [0.05, 0.1) is 31.3 Å². The van der Waals surface area contributed by atoms with Crippen molar-refractivity contribution in [1.29, 1.82) is 0 Å². The summed E-state index contributed by atoms with van der Waals surface area (Å²) in [5, 5.41) is 33.3. The van der Waals surface area contributed by atoms with Crippen LogP contribution in [0.5, 0.6) is 0 Å². The number of allylic oxidation sites excluding steroid dienone is 3. The maximum atomic E-state index is 12.5. The van der Waals surface area contributed by atoms with E-state index in [2.05, 4.69) is 31.3 Å². The Kier molecular flexibility index (Phi) is 45.5. The van der Waals surface area contributed by atoms with Gasteiger partial charge in [-0.1, -0.05) is 256 Å². The highest BCUT2D eigenvalue weighted by atomic mass is 16.3. The second kappa shape index (κ2) is 46.5. The van der Waals surface area contributed by atoms with Crippen LogP contribution < -0.4 is 5.32 Å². The Labute approximate surface area is 350 Å². The van der Waals surface area contributed by atoms with Crippen molar-refractivity contribution in [2.45, 2.75) is 289 Å². The zero-order valence-corrected chi connectivity index (χ0v) is 37.8. The molecule has 0 saturated carbocycles. The Morgan fingerprint density at radius 2 is 0.768 bits per heavy atom. The van der Waals surface area contributed by atoms with Gasteiger partial charge >= 0.3 is 0 Å². The van der Waals surface area contributed by atoms with E-state index in [1.165, 1.54) is 212 Å². The van der Waals surface area contributed by atoms with E-state index in [1.54, 1.807) is 6.08 Å². The number of rotatable bonds is 46. The highest BCUT2D eigenvalue weighted by molar-refractivity contribution is 5.76. The summed E-state index contributed by atoms with van der Waals surface area (Å²) in [5.41, 5.74) is 0. The molecule has 0 aromatic heterocycles. The van der Waals surface area contributed by atoms with Gasteiger partial charge in [-0.25, -0.2) is 0 Å². The fourth-order valence-electron chi connectivity index (χ4n) is 7.89. The van der Waals surface area contributed by atoms with Gasteiger partial charge in [0.2, 0.25) is 5.91 Å². The average molecular weight is 790 g/mol. The third kappa shape index (κ3) is 42.4. The molecule has 0 spiro atoms. The molecule has 0 aromatic carbocycles. The predicted octanol–water partition coefficient (Wildman–Crippen LogP) is 14.9. The van der Waals surface area contributed by atoms with Gasteiger partial charge in [0.25, 0.3) is 0 Å². The molecule has 0 rings (SSSR count). The van der Waals surface area contributed by atoms with E-state index < -0.39 is 18.2 Å². The van der Waals surface area contributed by atoms with Crippen LogP contribution in [0.1, 0.15) is 271 Å². The molecule has 0 aliphatic rings. The molecule has 3 unspecified atom stereocenters. The van der Waals surface area contributed by atoms with E-state index in [9.17, 15) is 20.1 Å². The lowest BCUT2D eigenvalue weighted by Gasteiger charge is -2.21. The van der Waals surface area contributed by atoms with Crippen molar-refractivity contribution >= 4 is 5.91 Å². The molecule has 0 heterocycles. The first-order valence-electron chi connectivity index (χ1n) is 25.1. The molecule has 0 fully saturated rings. The average Bonchev–Trinajstić information content (AvgIpc) is 3.19. The normalized spacial score (nSPS) is 13.6. The lowest BCUT2D eigenvalue weighted by atomic mass is 10.0. The summed E-state index contributed by atoms with van der Waals surface area (Å²) in [4.78, 5) is 12.5. The van der Waals surface area contributed by atoms with E-state index in [-0.39, 0.29) is 18.9 Å². The maximum absolute atomic E-state index is 12.5. The molecule has 56 heavy (non-hydrogen) atoms. The van der Waals surface area contributed by atoms with Crippen LogP contribution in [-0.4, -0.2) is 46.1 Å². The summed E-state index contributed by atoms with van der Waals surface area (Å²) in [6.07, 6.45) is 57.7. The molecule has 0 aliphatic heterocycles. The number of hydrogen-bond acceptors (Lipinski definition) is 4. The number of nitrogens with one attached hydrogen (secondary N) is 1. The summed E-state index contributed by atoms with van der Waals surface area (Å²) in [6, 6.07) is -0.758. The fourth-order valence-corrected chi connectivity index (χ4v) is 7.89. The van der Waals surface area contributed by atoms with E-state index in [0.29, 0.717) is 6.42 Å². The van der Waals surface area contributed by atoms with Crippen molar-refractivity contribution < 1.29 is 20.1 Å². The van der Waals surface area contributed by atoms with E-state index in [0.717, 1.165) is 32.1 Å². The van der Waals surface area contributed by atoms with Crippen molar-refractivity contribution in [3.8, 4) is 0 Å². The molecule has 3 atom stereocenters. The molecular weight excluding hydrogens is 691 g/mol. The van der Waals surface area contributed by atoms with E-state index in [1.807, 2.05) is 6.08 Å². The molecule has 0 radical (unpaired) electrons. The lowest BCUT2D eigenvalue weighted by molar-refractivity contribution is -0.124. The largest absolute Gasteiger partial charge is 0.394 e. The molecule has 4 N–H and O–H groups in total. The molecule has 0 aliphatic carbocycles. The fraction of sp³-hybridized carbons (Fsp3) is 0.902. The van der Waals surface area contributed by atoms with Crippen LogP contribution in [-0.2, 0) is 4.79 Å². The van der Waals surface area contributed by atoms with Gasteiger partial charge in [0.1, 0.15) is 0 Å². The van der Waals surface area contributed by atoms with Crippen LogP contribution in [0, 0.1) is 0 Å². The third-order valence-electron chi connectivity index (χ3n) is 11.7. The zero-order valence-electron chi connectivity index (χ0n) is 37.8.